The first-order valence-corrected chi connectivity index (χ1v) is 47.6. The van der Waals surface area contributed by atoms with E-state index in [9.17, 15) is 123 Å². The standard InChI is InChI=1S/2C12H16O2.2C10H18F2O.2C10H20O.C9H16F2O.C9H18O.2C8H11F5O.C7H14O2/c2*1-9(2)10(3)14-12(13)11-7-5-4-6-8-11;2*1-6(2)8(5)10(11,12)9(13)7(3)4;2*1-7(2)9(5)6-10(11)8(3)4;1-6(2)5-9(10,11)8(12)7(3)4;1-7(2)5-6-9(10)8(3)4;2*1-4(2)5(3)7(9,10)6(14)8(11,12)13;1-6(2)4-3-5-7(8)9/h2*4-10H,1-3H3;2*6-8H,1-5H3;2*7-9H,6H2,1-5H3;6-7H,5H2,1-4H3;7-8H,5-6H2,1-4H3;2*4-5H,1-3H3;6H,3-5H2,1-2H3,(H,8,9)/t2*10-;2*8-;2*9-;;;2*5-;/m101010..10./s1. The molecule has 30 heteroatoms. The number of rotatable bonds is 40. The van der Waals surface area contributed by atoms with E-state index < -0.39 is 130 Å². The van der Waals surface area contributed by atoms with E-state index in [4.69, 9.17) is 14.6 Å². The molecule has 2 aromatic rings. The van der Waals surface area contributed by atoms with Crippen LogP contribution in [0.25, 0.3) is 0 Å². The minimum Gasteiger partial charge on any atom is -0.481 e. The van der Waals surface area contributed by atoms with Crippen molar-refractivity contribution in [2.45, 2.75) is 396 Å². The molecule has 794 valence electrons. The Morgan fingerprint density at radius 1 is 0.281 bits per heavy atom. The van der Waals surface area contributed by atoms with E-state index >= 15 is 0 Å². The van der Waals surface area contributed by atoms with Crippen LogP contribution in [0.15, 0.2) is 60.7 Å². The van der Waals surface area contributed by atoms with Gasteiger partial charge < -0.3 is 14.6 Å². The fourth-order valence-corrected chi connectivity index (χ4v) is 9.57. The van der Waals surface area contributed by atoms with Crippen LogP contribution in [-0.4, -0.2) is 123 Å². The van der Waals surface area contributed by atoms with Gasteiger partial charge in [0.2, 0.25) is 17.3 Å². The Labute approximate surface area is 802 Å². The lowest BCUT2D eigenvalue weighted by atomic mass is 9.86. The summed E-state index contributed by atoms with van der Waals surface area (Å²) >= 11 is 0. The number of alkyl halides is 16. The molecule has 0 aliphatic rings. The van der Waals surface area contributed by atoms with Crippen molar-refractivity contribution >= 4 is 64.2 Å². The summed E-state index contributed by atoms with van der Waals surface area (Å²) in [4.78, 5) is 121. The molecule has 0 heterocycles. The molecule has 0 saturated carbocycles. The number of halogens is 16. The monoisotopic (exact) mass is 1970 g/mol. The number of carboxylic acid groups (broad SMARTS) is 1. The largest absolute Gasteiger partial charge is 0.481 e. The molecule has 1 N–H and O–H groups in total. The highest BCUT2D eigenvalue weighted by molar-refractivity contribution is 5.92. The van der Waals surface area contributed by atoms with Crippen molar-refractivity contribution in [1.29, 1.82) is 0 Å². The second-order valence-corrected chi connectivity index (χ2v) is 40.9. The summed E-state index contributed by atoms with van der Waals surface area (Å²) in [5.41, 5.74) is 1.22. The fourth-order valence-electron chi connectivity index (χ4n) is 9.57. The lowest BCUT2D eigenvalue weighted by Crippen LogP contribution is -2.46. The molecule has 0 aliphatic carbocycles. The molecule has 0 saturated heterocycles. The predicted molar refractivity (Wildman–Crippen MR) is 511 cm³/mol. The molecule has 0 radical (unpaired) electrons. The van der Waals surface area contributed by atoms with Gasteiger partial charge in [0.05, 0.1) is 11.1 Å². The number of ketones is 8. The average molecular weight is 1970 g/mol. The highest BCUT2D eigenvalue weighted by atomic mass is 19.4. The molecule has 0 unspecified atom stereocenters. The van der Waals surface area contributed by atoms with Gasteiger partial charge in [-0.25, -0.2) is 9.59 Å². The molecule has 135 heavy (non-hydrogen) atoms. The third kappa shape index (κ3) is 67.9. The zero-order valence-electron chi connectivity index (χ0n) is 89.7. The molecule has 0 spiro atoms. The third-order valence-corrected chi connectivity index (χ3v) is 22.5. The predicted octanol–water partition coefficient (Wildman–Crippen LogP) is 31.4. The van der Waals surface area contributed by atoms with E-state index in [1.807, 2.05) is 119 Å². The van der Waals surface area contributed by atoms with E-state index in [-0.39, 0.29) is 66.1 Å². The van der Waals surface area contributed by atoms with Gasteiger partial charge in [-0.1, -0.05) is 320 Å². The number of carbonyl (C=O) groups is 11. The van der Waals surface area contributed by atoms with Gasteiger partial charge in [-0.15, -0.1) is 0 Å². The molecule has 0 bridgehead atoms. The van der Waals surface area contributed by atoms with Crippen LogP contribution in [-0.2, 0) is 52.6 Å². The molecule has 2 aromatic carbocycles. The van der Waals surface area contributed by atoms with Crippen molar-refractivity contribution in [1.82, 2.24) is 0 Å². The smallest absolute Gasteiger partial charge is 0.456 e. The van der Waals surface area contributed by atoms with Crippen LogP contribution in [0.5, 0.6) is 0 Å². The lowest BCUT2D eigenvalue weighted by Gasteiger charge is -2.26. The third-order valence-electron chi connectivity index (χ3n) is 22.5. The van der Waals surface area contributed by atoms with Crippen molar-refractivity contribution in [3.63, 3.8) is 0 Å². The molecule has 8 atom stereocenters. The maximum absolute atomic E-state index is 13.4. The Morgan fingerprint density at radius 2 is 0.526 bits per heavy atom. The number of benzene rings is 2. The molecular formula is C105H178F16O14. The minimum atomic E-state index is -5.48. The Morgan fingerprint density at radius 3 is 0.711 bits per heavy atom. The Kier molecular flexibility index (Phi) is 76.4. The van der Waals surface area contributed by atoms with Crippen molar-refractivity contribution in [2.75, 3.05) is 0 Å². The van der Waals surface area contributed by atoms with E-state index in [0.717, 1.165) is 52.4 Å². The van der Waals surface area contributed by atoms with Gasteiger partial charge in [0.15, 0.2) is 0 Å². The number of hydrogen-bond acceptors (Lipinski definition) is 13. The first-order chi connectivity index (χ1) is 60.5. The van der Waals surface area contributed by atoms with Crippen LogP contribution in [0.4, 0.5) is 70.2 Å². The highest BCUT2D eigenvalue weighted by Gasteiger charge is 2.59. The number of ether oxygens (including phenoxy) is 2. The van der Waals surface area contributed by atoms with Gasteiger partial charge in [0, 0.05) is 91.3 Å². The number of hydrogen-bond donors (Lipinski definition) is 1. The number of carboxylic acids is 1. The summed E-state index contributed by atoms with van der Waals surface area (Å²) in [6.07, 6.45) is -5.94. The first kappa shape index (κ1) is 146. The summed E-state index contributed by atoms with van der Waals surface area (Å²) in [6.45, 7) is 74.4. The molecule has 0 amide bonds. The molecule has 0 fully saturated rings. The average Bonchev–Trinajstić information content (AvgIpc) is 0.801. The number of Topliss-reactive ketones (excluding diaryl/α,β-unsaturated/α-hetero) is 8. The first-order valence-electron chi connectivity index (χ1n) is 47.6. The molecule has 0 aliphatic heterocycles. The molecule has 0 aromatic heterocycles. The van der Waals surface area contributed by atoms with Gasteiger partial charge in [-0.2, -0.15) is 70.2 Å². The van der Waals surface area contributed by atoms with E-state index in [1.54, 1.807) is 65.8 Å². The highest BCUT2D eigenvalue weighted by Crippen LogP contribution is 2.40. The maximum Gasteiger partial charge on any atom is 0.456 e. The normalized spacial score (nSPS) is 13.7. The van der Waals surface area contributed by atoms with Crippen molar-refractivity contribution < 1.29 is 138 Å². The Bertz CT molecular complexity index is 3390. The van der Waals surface area contributed by atoms with Gasteiger partial charge in [-0.3, -0.25) is 43.2 Å². The molecule has 2 rings (SSSR count). The van der Waals surface area contributed by atoms with E-state index in [2.05, 4.69) is 69.2 Å². The zero-order valence-corrected chi connectivity index (χ0v) is 89.7. The summed E-state index contributed by atoms with van der Waals surface area (Å²) < 4.78 is 212. The van der Waals surface area contributed by atoms with Crippen LogP contribution in [0, 0.1) is 136 Å². The second-order valence-electron chi connectivity index (χ2n) is 40.9. The van der Waals surface area contributed by atoms with Gasteiger partial charge in [0.25, 0.3) is 0 Å². The SMILES string of the molecule is CC(C)C(=O)C(F)(F)[C@@H](C)C(C)C.CC(C)C(=O)C(F)(F)[C@H](C)C(C)C.CC(C)C(=O)C[C@@H](C)C(C)C.CC(C)C(=O)C[C@H](C)C(C)C.CC(C)CC(F)(F)C(=O)C(C)C.CC(C)CCC(=O)C(C)C.CC(C)CCCC(=O)O.CC(C)[C@@H](C)C(F)(F)C(=O)C(F)(F)F.CC(C)[C@@H](C)OC(=O)c1ccccc1.CC(C)[C@H](C)C(F)(F)C(=O)C(F)(F)F.CC(C)[C@H](C)OC(=O)c1ccccc1. The Hall–Kier alpha value is -6.91. The minimum absolute atomic E-state index is 0.0392. The topological polar surface area (TPSA) is 226 Å². The van der Waals surface area contributed by atoms with E-state index in [0.29, 0.717) is 82.2 Å². The number of carbonyl (C=O) groups excluding carboxylic acids is 10. The summed E-state index contributed by atoms with van der Waals surface area (Å²) in [6, 6.07) is 18.1. The summed E-state index contributed by atoms with van der Waals surface area (Å²) in [5.74, 6) is -30.7. The molecule has 14 nitrogen and oxygen atoms in total. The Balaban J connectivity index is -0.000000185. The lowest BCUT2D eigenvalue weighted by molar-refractivity contribution is -0.203. The maximum atomic E-state index is 13.4. The van der Waals surface area contributed by atoms with Crippen LogP contribution in [0.1, 0.15) is 363 Å². The van der Waals surface area contributed by atoms with Gasteiger partial charge in [-0.05, 0) is 128 Å². The summed E-state index contributed by atoms with van der Waals surface area (Å²) in [7, 11) is 0. The van der Waals surface area contributed by atoms with Crippen molar-refractivity contribution in [2.24, 2.45) is 136 Å². The van der Waals surface area contributed by atoms with Crippen LogP contribution < -0.4 is 0 Å². The number of aliphatic carboxylic acids is 1. The van der Waals surface area contributed by atoms with Crippen LogP contribution >= 0.6 is 0 Å². The second kappa shape index (κ2) is 70.7. The van der Waals surface area contributed by atoms with Crippen molar-refractivity contribution in [3.05, 3.63) is 71.8 Å². The zero-order chi connectivity index (χ0) is 110. The number of esters is 2. The van der Waals surface area contributed by atoms with Gasteiger partial charge in [0.1, 0.15) is 29.6 Å². The van der Waals surface area contributed by atoms with Crippen LogP contribution in [0.2, 0.25) is 0 Å². The molecular weight excluding hydrogens is 1790 g/mol. The fraction of sp³-hybridized carbons (Fsp3) is 0.781. The van der Waals surface area contributed by atoms with Crippen molar-refractivity contribution in [3.8, 4) is 0 Å². The van der Waals surface area contributed by atoms with Gasteiger partial charge >= 0.3 is 71.4 Å². The van der Waals surface area contributed by atoms with E-state index in [1.165, 1.54) is 83.1 Å². The van der Waals surface area contributed by atoms with Crippen LogP contribution in [0.3, 0.4) is 0 Å². The quantitative estimate of drug-likeness (QED) is 0.0484. The summed E-state index contributed by atoms with van der Waals surface area (Å²) in [5, 5.41) is 8.23.